The number of benzene rings is 2. The number of hydrogen-bond acceptors (Lipinski definition) is 6. The predicted molar refractivity (Wildman–Crippen MR) is 144 cm³/mol. The lowest BCUT2D eigenvalue weighted by molar-refractivity contribution is -0.189. The molecule has 1 aromatic heterocycles. The van der Waals surface area contributed by atoms with Crippen molar-refractivity contribution in [1.82, 2.24) is 14.5 Å². The normalized spacial score (nSPS) is 21.5. The molecule has 0 saturated carbocycles. The molecule has 10 heteroatoms. The molecule has 8 nitrogen and oxygen atoms in total. The highest BCUT2D eigenvalue weighted by Crippen LogP contribution is 2.40. The van der Waals surface area contributed by atoms with E-state index in [0.717, 1.165) is 37.6 Å². The number of imidazole rings is 1. The van der Waals surface area contributed by atoms with Crippen LogP contribution >= 0.6 is 23.2 Å². The highest BCUT2D eigenvalue weighted by molar-refractivity contribution is 6.35. The molecule has 2 saturated heterocycles. The van der Waals surface area contributed by atoms with Gasteiger partial charge < -0.3 is 28.6 Å². The van der Waals surface area contributed by atoms with Gasteiger partial charge in [-0.15, -0.1) is 0 Å². The van der Waals surface area contributed by atoms with Gasteiger partial charge in [0.05, 0.1) is 24.5 Å². The van der Waals surface area contributed by atoms with Crippen LogP contribution in [0.25, 0.3) is 0 Å². The fourth-order valence-corrected chi connectivity index (χ4v) is 5.15. The van der Waals surface area contributed by atoms with Gasteiger partial charge in [0, 0.05) is 61.8 Å². The summed E-state index contributed by atoms with van der Waals surface area (Å²) < 4.78 is 20.6. The first-order valence-electron chi connectivity index (χ1n) is 11.9. The number of hydrogen-bond donors (Lipinski definition) is 0. The van der Waals surface area contributed by atoms with Crippen LogP contribution in [0.5, 0.6) is 5.75 Å². The van der Waals surface area contributed by atoms with Gasteiger partial charge in [-0.2, -0.15) is 0 Å². The van der Waals surface area contributed by atoms with Crippen LogP contribution in [-0.4, -0.2) is 65.9 Å². The molecule has 3 heterocycles. The fraction of sp³-hybridized carbons (Fsp3) is 0.407. The van der Waals surface area contributed by atoms with E-state index in [0.29, 0.717) is 35.4 Å². The van der Waals surface area contributed by atoms with Gasteiger partial charge in [-0.05, 0) is 36.4 Å². The first-order valence-corrected chi connectivity index (χ1v) is 12.6. The molecule has 2 atom stereocenters. The summed E-state index contributed by atoms with van der Waals surface area (Å²) in [6.07, 6.45) is 4.98. The van der Waals surface area contributed by atoms with Crippen molar-refractivity contribution in [3.63, 3.8) is 0 Å². The molecule has 2 fully saturated rings. The Morgan fingerprint density at radius 1 is 1.14 bits per heavy atom. The molecule has 0 unspecified atom stereocenters. The average molecular weight is 547 g/mol. The van der Waals surface area contributed by atoms with Crippen LogP contribution in [0, 0.1) is 0 Å². The quantitative estimate of drug-likeness (QED) is 0.422. The monoisotopic (exact) mass is 546 g/mol. The Kier molecular flexibility index (Phi) is 8.64. The van der Waals surface area contributed by atoms with Crippen LogP contribution in [0.3, 0.4) is 0 Å². The second kappa shape index (κ2) is 11.7. The molecule has 0 radical (unpaired) electrons. The largest absolute Gasteiger partial charge is 0.491 e. The summed E-state index contributed by atoms with van der Waals surface area (Å²) in [4.78, 5) is 19.8. The molecule has 1 amide bonds. The summed E-state index contributed by atoms with van der Waals surface area (Å²) >= 11 is 12.7. The van der Waals surface area contributed by atoms with Gasteiger partial charge in [-0.25, -0.2) is 4.98 Å². The lowest BCUT2D eigenvalue weighted by atomic mass is 10.1. The van der Waals surface area contributed by atoms with E-state index in [1.54, 1.807) is 31.6 Å². The van der Waals surface area contributed by atoms with Crippen LogP contribution < -0.4 is 9.64 Å². The Morgan fingerprint density at radius 3 is 2.54 bits per heavy atom. The number of carbonyl (C=O) groups is 1. The number of nitrogens with zero attached hydrogens (tertiary/aromatic N) is 4. The highest BCUT2D eigenvalue weighted by atomic mass is 35.5. The summed E-state index contributed by atoms with van der Waals surface area (Å²) in [6.45, 7) is 5.80. The summed E-state index contributed by atoms with van der Waals surface area (Å²) in [6, 6.07) is 13.3. The third kappa shape index (κ3) is 6.21. The second-order valence-electron chi connectivity index (χ2n) is 8.96. The maximum Gasteiger partial charge on any atom is 0.219 e. The van der Waals surface area contributed by atoms with Crippen LogP contribution in [0.1, 0.15) is 19.9 Å². The first kappa shape index (κ1) is 27.3. The van der Waals surface area contributed by atoms with Crippen molar-refractivity contribution < 1.29 is 19.0 Å². The number of amides is 1. The van der Waals surface area contributed by atoms with Crippen molar-refractivity contribution in [2.24, 2.45) is 0 Å². The Labute approximate surface area is 227 Å². The molecule has 5 rings (SSSR count). The molecule has 0 spiro atoms. The molecule has 2 aromatic carbocycles. The SMILES string of the molecule is C.CC(=O)N1CCN(c2ccc(OC[C@H]3CO[C@](Cn4ccnc4)(c4ccc(Cl)cc4Cl)O3)cc2)CC1. The van der Waals surface area contributed by atoms with Gasteiger partial charge in [0.1, 0.15) is 18.5 Å². The third-order valence-corrected chi connectivity index (χ3v) is 7.06. The number of halogens is 2. The van der Waals surface area contributed by atoms with Crippen LogP contribution in [0.15, 0.2) is 61.2 Å². The number of anilines is 1. The summed E-state index contributed by atoms with van der Waals surface area (Å²) in [5.74, 6) is -0.201. The minimum Gasteiger partial charge on any atom is -0.491 e. The maximum absolute atomic E-state index is 11.6. The van der Waals surface area contributed by atoms with Gasteiger partial charge in [-0.3, -0.25) is 4.79 Å². The summed E-state index contributed by atoms with van der Waals surface area (Å²) in [5.41, 5.74) is 1.82. The van der Waals surface area contributed by atoms with E-state index in [1.165, 1.54) is 0 Å². The molecule has 0 aliphatic carbocycles. The average Bonchev–Trinajstić information content (AvgIpc) is 3.54. The van der Waals surface area contributed by atoms with Crippen molar-refractivity contribution in [2.75, 3.05) is 44.3 Å². The molecular weight excluding hydrogens is 515 g/mol. The van der Waals surface area contributed by atoms with Crippen molar-refractivity contribution in [2.45, 2.75) is 32.8 Å². The molecule has 0 N–H and O–H groups in total. The molecule has 3 aromatic rings. The Balaban J connectivity index is 0.00000320. The molecule has 37 heavy (non-hydrogen) atoms. The number of rotatable bonds is 7. The lowest BCUT2D eigenvalue weighted by Gasteiger charge is -2.35. The zero-order valence-electron chi connectivity index (χ0n) is 20.0. The Hall–Kier alpha value is -2.78. The van der Waals surface area contributed by atoms with E-state index in [2.05, 4.69) is 9.88 Å². The first-order chi connectivity index (χ1) is 17.4. The van der Waals surface area contributed by atoms with Gasteiger partial charge >= 0.3 is 0 Å². The topological polar surface area (TPSA) is 69.1 Å². The minimum absolute atomic E-state index is 0. The van der Waals surface area contributed by atoms with Crippen LogP contribution in [0.4, 0.5) is 5.69 Å². The van der Waals surface area contributed by atoms with E-state index < -0.39 is 5.79 Å². The van der Waals surface area contributed by atoms with E-state index >= 15 is 0 Å². The number of aromatic nitrogens is 2. The van der Waals surface area contributed by atoms with Gasteiger partial charge in [0.25, 0.3) is 0 Å². The second-order valence-corrected chi connectivity index (χ2v) is 9.80. The Morgan fingerprint density at radius 2 is 1.89 bits per heavy atom. The maximum atomic E-state index is 11.6. The van der Waals surface area contributed by atoms with Gasteiger partial charge in [0.15, 0.2) is 0 Å². The zero-order chi connectivity index (χ0) is 25.1. The van der Waals surface area contributed by atoms with Crippen molar-refractivity contribution in [3.05, 3.63) is 76.8 Å². The molecule has 2 aliphatic rings. The van der Waals surface area contributed by atoms with Crippen molar-refractivity contribution in [1.29, 1.82) is 0 Å². The summed E-state index contributed by atoms with van der Waals surface area (Å²) in [5, 5.41) is 1.02. The number of carbonyl (C=O) groups excluding carboxylic acids is 1. The molecular formula is C27H32Cl2N4O4. The molecule has 0 bridgehead atoms. The highest BCUT2D eigenvalue weighted by Gasteiger charge is 2.45. The summed E-state index contributed by atoms with van der Waals surface area (Å²) in [7, 11) is 0. The predicted octanol–water partition coefficient (Wildman–Crippen LogP) is 4.84. The standard InChI is InChI=1S/C26H28Cl2N4O4.CH4/c1-19(33)31-10-12-32(13-11-31)21-3-5-22(6-4-21)34-15-23-16-35-26(36-23,17-30-9-8-29-18-30)24-7-2-20(27)14-25(24)28;/h2-9,14,18,23H,10-13,15-17H2,1H3;1H4/t23-,26-;/m0./s1. The van der Waals surface area contributed by atoms with Gasteiger partial charge in [0.2, 0.25) is 11.7 Å². The Bertz CT molecular complexity index is 1180. The smallest absolute Gasteiger partial charge is 0.219 e. The lowest BCUT2D eigenvalue weighted by Crippen LogP contribution is -2.48. The molecule has 2 aliphatic heterocycles. The fourth-order valence-electron chi connectivity index (χ4n) is 4.60. The van der Waals surface area contributed by atoms with Crippen LogP contribution in [-0.2, 0) is 26.6 Å². The number of ether oxygens (including phenoxy) is 3. The number of piperazine rings is 1. The van der Waals surface area contributed by atoms with Crippen molar-refractivity contribution >= 4 is 34.8 Å². The van der Waals surface area contributed by atoms with E-state index in [1.807, 2.05) is 46.0 Å². The van der Waals surface area contributed by atoms with Crippen LogP contribution in [0.2, 0.25) is 10.0 Å². The molecule has 198 valence electrons. The van der Waals surface area contributed by atoms with E-state index in [4.69, 9.17) is 37.4 Å². The van der Waals surface area contributed by atoms with E-state index in [9.17, 15) is 4.79 Å². The zero-order valence-corrected chi connectivity index (χ0v) is 21.5. The van der Waals surface area contributed by atoms with Crippen molar-refractivity contribution in [3.8, 4) is 5.75 Å². The minimum atomic E-state index is -1.08. The van der Waals surface area contributed by atoms with E-state index in [-0.39, 0.29) is 19.4 Å². The van der Waals surface area contributed by atoms with Gasteiger partial charge in [-0.1, -0.05) is 36.7 Å². The third-order valence-electron chi connectivity index (χ3n) is 6.51.